The maximum Gasteiger partial charge on any atom is 0.191 e. The summed E-state index contributed by atoms with van der Waals surface area (Å²) in [4.78, 5) is 18.9. The molecular formula is C30H26FN3O3S. The Morgan fingerprint density at radius 2 is 1.79 bits per heavy atom. The van der Waals surface area contributed by atoms with E-state index in [9.17, 15) is 17.6 Å². The lowest BCUT2D eigenvalue weighted by Gasteiger charge is -2.43. The van der Waals surface area contributed by atoms with E-state index < -0.39 is 20.5 Å². The molecule has 6 nitrogen and oxygen atoms in total. The van der Waals surface area contributed by atoms with Crippen LogP contribution in [0.25, 0.3) is 11.8 Å². The number of nitrogens with zero attached hydrogens (tertiary/aromatic N) is 3. The van der Waals surface area contributed by atoms with Crippen LogP contribution in [0.1, 0.15) is 46.6 Å². The number of benzene rings is 2. The number of sulfone groups is 1. The van der Waals surface area contributed by atoms with Crippen molar-refractivity contribution in [3.05, 3.63) is 113 Å². The average molecular weight is 528 g/mol. The van der Waals surface area contributed by atoms with Crippen LogP contribution < -0.4 is 0 Å². The molecule has 2 aromatic carbocycles. The van der Waals surface area contributed by atoms with Gasteiger partial charge in [-0.15, -0.1) is 0 Å². The van der Waals surface area contributed by atoms with Gasteiger partial charge in [0, 0.05) is 6.20 Å². The van der Waals surface area contributed by atoms with Crippen LogP contribution in [0.2, 0.25) is 0 Å². The maximum absolute atomic E-state index is 14.2. The van der Waals surface area contributed by atoms with Crippen molar-refractivity contribution < 1.29 is 17.6 Å². The Morgan fingerprint density at radius 3 is 2.50 bits per heavy atom. The summed E-state index contributed by atoms with van der Waals surface area (Å²) in [6, 6.07) is 18.1. The molecule has 2 aliphatic carbocycles. The van der Waals surface area contributed by atoms with Crippen molar-refractivity contribution in [3.63, 3.8) is 0 Å². The molecule has 0 N–H and O–H groups in total. The van der Waals surface area contributed by atoms with Crippen LogP contribution >= 0.6 is 0 Å². The molecule has 0 bridgehead atoms. The molecule has 38 heavy (non-hydrogen) atoms. The highest BCUT2D eigenvalue weighted by atomic mass is 32.2. The van der Waals surface area contributed by atoms with Gasteiger partial charge in [0.1, 0.15) is 11.5 Å². The maximum atomic E-state index is 14.2. The largest absolute Gasteiger partial charge is 0.291 e. The summed E-state index contributed by atoms with van der Waals surface area (Å²) in [6.07, 6.45) is 6.73. The van der Waals surface area contributed by atoms with Gasteiger partial charge in [0.2, 0.25) is 0 Å². The predicted octanol–water partition coefficient (Wildman–Crippen LogP) is 5.55. The highest BCUT2D eigenvalue weighted by Crippen LogP contribution is 2.51. The van der Waals surface area contributed by atoms with E-state index in [2.05, 4.69) is 10.1 Å². The molecular weight excluding hydrogens is 501 g/mol. The fourth-order valence-corrected chi connectivity index (χ4v) is 7.62. The minimum atomic E-state index is -3.65. The van der Waals surface area contributed by atoms with E-state index in [1.165, 1.54) is 12.1 Å². The van der Waals surface area contributed by atoms with E-state index in [0.717, 1.165) is 22.4 Å². The summed E-state index contributed by atoms with van der Waals surface area (Å²) in [5.74, 6) is -0.502. The van der Waals surface area contributed by atoms with Crippen molar-refractivity contribution in [3.8, 4) is 5.69 Å². The predicted molar refractivity (Wildman–Crippen MR) is 142 cm³/mol. The normalized spacial score (nSPS) is 20.8. The first-order chi connectivity index (χ1) is 18.3. The number of halogens is 1. The fourth-order valence-electron chi connectivity index (χ4n) is 5.77. The molecule has 0 aliphatic heterocycles. The van der Waals surface area contributed by atoms with E-state index in [1.807, 2.05) is 19.1 Å². The first-order valence-electron chi connectivity index (χ1n) is 12.6. The second-order valence-corrected chi connectivity index (χ2v) is 12.4. The molecule has 192 valence electrons. The van der Waals surface area contributed by atoms with E-state index in [1.54, 1.807) is 65.6 Å². The molecule has 0 spiro atoms. The topological polar surface area (TPSA) is 81.9 Å². The third kappa shape index (κ3) is 4.00. The van der Waals surface area contributed by atoms with Crippen molar-refractivity contribution >= 4 is 21.7 Å². The average Bonchev–Trinajstić information content (AvgIpc) is 3.34. The molecule has 2 aliphatic rings. The van der Waals surface area contributed by atoms with Crippen LogP contribution in [-0.4, -0.2) is 34.2 Å². The fraction of sp³-hybridized carbons (Fsp3) is 0.233. The zero-order valence-corrected chi connectivity index (χ0v) is 21.7. The Morgan fingerprint density at radius 1 is 1.03 bits per heavy atom. The highest BCUT2D eigenvalue weighted by molar-refractivity contribution is 7.92. The number of hydrogen-bond donors (Lipinski definition) is 0. The number of carbonyl (C=O) groups excluding carboxylic acids is 1. The number of hydrogen-bond acceptors (Lipinski definition) is 5. The van der Waals surface area contributed by atoms with Crippen LogP contribution in [0.5, 0.6) is 0 Å². The summed E-state index contributed by atoms with van der Waals surface area (Å²) >= 11 is 0. The molecule has 4 aromatic rings. The Balaban J connectivity index is 1.46. The Labute approximate surface area is 220 Å². The summed E-state index contributed by atoms with van der Waals surface area (Å²) in [7, 11) is -3.65. The number of fused-ring (bicyclic) bond motifs is 2. The minimum Gasteiger partial charge on any atom is -0.291 e. The van der Waals surface area contributed by atoms with Gasteiger partial charge in [-0.2, -0.15) is 5.10 Å². The number of Topliss-reactive ketones (excluding diaryl/α,β-unsaturated/α-hetero) is 1. The minimum absolute atomic E-state index is 0.170. The first kappa shape index (κ1) is 24.4. The van der Waals surface area contributed by atoms with Crippen molar-refractivity contribution in [2.45, 2.75) is 42.8 Å². The summed E-state index contributed by atoms with van der Waals surface area (Å²) < 4.78 is 42.6. The molecule has 8 heteroatoms. The van der Waals surface area contributed by atoms with Crippen LogP contribution in [0.3, 0.4) is 0 Å². The Bertz CT molecular complexity index is 1660. The van der Waals surface area contributed by atoms with E-state index in [0.29, 0.717) is 30.6 Å². The number of rotatable bonds is 5. The number of allylic oxidation sites excluding steroid dienone is 1. The molecule has 6 rings (SSSR count). The lowest BCUT2D eigenvalue weighted by atomic mass is 9.61. The van der Waals surface area contributed by atoms with Crippen molar-refractivity contribution in [2.75, 3.05) is 0 Å². The molecule has 0 saturated heterocycles. The monoisotopic (exact) mass is 527 g/mol. The van der Waals surface area contributed by atoms with Gasteiger partial charge < -0.3 is 0 Å². The van der Waals surface area contributed by atoms with E-state index in [-0.39, 0.29) is 22.9 Å². The zero-order chi connectivity index (χ0) is 26.5. The molecule has 2 atom stereocenters. The molecule has 0 unspecified atom stereocenters. The highest BCUT2D eigenvalue weighted by Gasteiger charge is 2.52. The molecule has 2 aromatic heterocycles. The molecule has 2 heterocycles. The summed E-state index contributed by atoms with van der Waals surface area (Å²) in [6.45, 7) is 1.91. The molecule has 0 amide bonds. The number of ketones is 1. The van der Waals surface area contributed by atoms with Crippen LogP contribution in [-0.2, 0) is 16.3 Å². The van der Waals surface area contributed by atoms with Crippen molar-refractivity contribution in [2.24, 2.45) is 5.41 Å². The number of aryl methyl sites for hydroxylation is 1. The lowest BCUT2D eigenvalue weighted by molar-refractivity contribution is 0.0796. The Kier molecular flexibility index (Phi) is 5.87. The number of carbonyl (C=O) groups is 1. The van der Waals surface area contributed by atoms with Gasteiger partial charge in [-0.05, 0) is 92.3 Å². The van der Waals surface area contributed by atoms with Gasteiger partial charge in [-0.25, -0.2) is 17.5 Å². The van der Waals surface area contributed by atoms with Gasteiger partial charge in [-0.3, -0.25) is 9.78 Å². The zero-order valence-electron chi connectivity index (χ0n) is 20.8. The smallest absolute Gasteiger partial charge is 0.191 e. The summed E-state index contributed by atoms with van der Waals surface area (Å²) in [5, 5.41) is 3.85. The van der Waals surface area contributed by atoms with E-state index >= 15 is 0 Å². The second-order valence-electron chi connectivity index (χ2n) is 10.1. The van der Waals surface area contributed by atoms with Crippen LogP contribution in [0.15, 0.2) is 89.6 Å². The van der Waals surface area contributed by atoms with Gasteiger partial charge in [0.05, 0.1) is 33.1 Å². The molecule has 1 fully saturated rings. The number of pyridine rings is 1. The van der Waals surface area contributed by atoms with Crippen LogP contribution in [0.4, 0.5) is 4.39 Å². The third-order valence-electron chi connectivity index (χ3n) is 7.78. The summed E-state index contributed by atoms with van der Waals surface area (Å²) in [5.41, 5.74) is 3.50. The SMILES string of the molecule is Cc1ccc(C(=O)[C@]23Cc4cnn(-c5ccc(F)cc5)c4C=C2CC[C@@H](S(=O)(=O)c2ccccc2)C3)nc1. The van der Waals surface area contributed by atoms with Gasteiger partial charge in [-0.1, -0.05) is 29.8 Å². The second kappa shape index (κ2) is 9.13. The van der Waals surface area contributed by atoms with Crippen LogP contribution in [0, 0.1) is 18.2 Å². The molecule has 1 saturated carbocycles. The Hall–Kier alpha value is -3.91. The van der Waals surface area contributed by atoms with Gasteiger partial charge in [0.25, 0.3) is 0 Å². The lowest BCUT2D eigenvalue weighted by Crippen LogP contribution is -2.45. The standard InChI is InChI=1S/C30H26FN3O3S/c1-20-7-14-27(32-18-20)29(35)30-16-21-19-33-34(24-11-9-23(31)10-12-24)28(21)15-22(30)8-13-26(17-30)38(36,37)25-5-3-2-4-6-25/h2-7,9-12,14-15,18-19,26H,8,13,16-17H2,1H3/t26-,30+/m1/s1. The van der Waals surface area contributed by atoms with Crippen molar-refractivity contribution in [1.29, 1.82) is 0 Å². The first-order valence-corrected chi connectivity index (χ1v) is 14.1. The molecule has 0 radical (unpaired) electrons. The quantitative estimate of drug-likeness (QED) is 0.318. The van der Waals surface area contributed by atoms with Crippen molar-refractivity contribution in [1.82, 2.24) is 14.8 Å². The van der Waals surface area contributed by atoms with Gasteiger partial charge in [0.15, 0.2) is 15.6 Å². The van der Waals surface area contributed by atoms with E-state index in [4.69, 9.17) is 0 Å². The van der Waals surface area contributed by atoms with Gasteiger partial charge >= 0.3 is 0 Å². The third-order valence-corrected chi connectivity index (χ3v) is 9.99. The number of aromatic nitrogens is 3.